The van der Waals surface area contributed by atoms with Gasteiger partial charge in [-0.2, -0.15) is 18.3 Å². The van der Waals surface area contributed by atoms with E-state index in [1.54, 1.807) is 64.3 Å². The molecule has 58 heavy (non-hydrogen) atoms. The molecule has 0 aliphatic carbocycles. The molecule has 3 aliphatic heterocycles. The Hall–Kier alpha value is -6.38. The van der Waals surface area contributed by atoms with Gasteiger partial charge in [0.2, 0.25) is 11.8 Å². The monoisotopic (exact) mass is 852 g/mol. The molecule has 8 rings (SSSR count). The number of anilines is 2. The van der Waals surface area contributed by atoms with Crippen LogP contribution in [0.15, 0.2) is 77.5 Å². The first-order valence-corrected chi connectivity index (χ1v) is 19.0. The lowest BCUT2D eigenvalue weighted by Gasteiger charge is -2.37. The number of amides is 5. The molecule has 13 nitrogen and oxygen atoms in total. The number of nitrogens with one attached hydrogen (secondary N) is 2. The number of carbonyl (C=O) groups is 5. The molecule has 5 amide bonds. The molecular weight excluding hydrogens is 821 g/mol. The van der Waals surface area contributed by atoms with Gasteiger partial charge in [-0.05, 0) is 101 Å². The standard InChI is InChI=1S/C41H32BrF3N8O5/c1-23-4-5-26(19-25(23)6-8-28-21-46-34-3-2-12-47-53(28)34)37(55)48-27-7-9-32(30(20-27)41(43,44)45)51-15-13-50(14-16-51)22-24-17-29-36(31(42)18-24)40(58)52(39(29)57)33-10-11-35(54)49-38(33)56/h2-5,7,9,12,17-21,33H,10-11,13-16,22H2,1H3,(H,48,55)(H,49,54,56). The van der Waals surface area contributed by atoms with E-state index in [0.717, 1.165) is 16.5 Å². The van der Waals surface area contributed by atoms with E-state index in [1.807, 2.05) is 11.8 Å². The van der Waals surface area contributed by atoms with Crippen molar-refractivity contribution in [1.29, 1.82) is 0 Å². The molecule has 0 bridgehead atoms. The number of nitrogens with zero attached hydrogens (tertiary/aromatic N) is 6. The van der Waals surface area contributed by atoms with Crippen LogP contribution in [0.4, 0.5) is 24.5 Å². The van der Waals surface area contributed by atoms with Crippen molar-refractivity contribution in [1.82, 2.24) is 29.7 Å². The third kappa shape index (κ3) is 7.43. The Kier molecular flexibility index (Phi) is 10.1. The van der Waals surface area contributed by atoms with Gasteiger partial charge in [0.25, 0.3) is 17.7 Å². The smallest absolute Gasteiger partial charge is 0.368 e. The zero-order chi connectivity index (χ0) is 40.9. The number of hydrogen-bond donors (Lipinski definition) is 2. The van der Waals surface area contributed by atoms with Gasteiger partial charge in [0.15, 0.2) is 5.65 Å². The Morgan fingerprint density at radius 3 is 2.53 bits per heavy atom. The zero-order valence-electron chi connectivity index (χ0n) is 30.7. The lowest BCUT2D eigenvalue weighted by molar-refractivity contribution is -0.137. The van der Waals surface area contributed by atoms with E-state index in [9.17, 15) is 37.1 Å². The Bertz CT molecular complexity index is 2630. The normalized spacial score (nSPS) is 17.3. The minimum Gasteiger partial charge on any atom is -0.368 e. The molecule has 2 fully saturated rings. The van der Waals surface area contributed by atoms with Crippen molar-refractivity contribution < 1.29 is 37.1 Å². The summed E-state index contributed by atoms with van der Waals surface area (Å²) in [5, 5.41) is 9.03. The summed E-state index contributed by atoms with van der Waals surface area (Å²) in [5.41, 5.74) is 2.81. The fourth-order valence-electron chi connectivity index (χ4n) is 7.36. The SMILES string of the molecule is Cc1ccc(C(=O)Nc2ccc(N3CCN(Cc4cc(Br)c5c(c4)C(=O)N(C4CCC(=O)NC4=O)C5=O)CC3)c(C(F)(F)F)c2)cc1C#Cc1cnc2cccnn12. The number of rotatable bonds is 6. The molecule has 0 spiro atoms. The van der Waals surface area contributed by atoms with Crippen LogP contribution in [0.25, 0.3) is 5.65 Å². The second-order valence-corrected chi connectivity index (χ2v) is 15.0. The van der Waals surface area contributed by atoms with Crippen molar-refractivity contribution >= 4 is 62.5 Å². The van der Waals surface area contributed by atoms with Gasteiger partial charge < -0.3 is 10.2 Å². The number of imide groups is 2. The number of benzene rings is 3. The fraction of sp³-hybridized carbons (Fsp3) is 0.244. The predicted octanol–water partition coefficient (Wildman–Crippen LogP) is 5.19. The number of halogens is 4. The number of fused-ring (bicyclic) bond motifs is 2. The fourth-order valence-corrected chi connectivity index (χ4v) is 8.04. The topological polar surface area (TPSA) is 149 Å². The van der Waals surface area contributed by atoms with E-state index in [2.05, 4.69) is 48.5 Å². The first-order chi connectivity index (χ1) is 27.7. The summed E-state index contributed by atoms with van der Waals surface area (Å²) >= 11 is 3.41. The second kappa shape index (κ2) is 15.2. The maximum atomic E-state index is 14.5. The van der Waals surface area contributed by atoms with Crippen molar-refractivity contribution in [2.24, 2.45) is 0 Å². The molecule has 1 atom stereocenters. The molecule has 3 aromatic carbocycles. The molecule has 17 heteroatoms. The quantitative estimate of drug-likeness (QED) is 0.174. The summed E-state index contributed by atoms with van der Waals surface area (Å²) < 4.78 is 45.5. The van der Waals surface area contributed by atoms with Gasteiger partial charge >= 0.3 is 6.18 Å². The average Bonchev–Trinajstić information content (AvgIpc) is 3.71. The Morgan fingerprint density at radius 2 is 1.78 bits per heavy atom. The molecule has 2 saturated heterocycles. The number of alkyl halides is 3. The van der Waals surface area contributed by atoms with E-state index in [4.69, 9.17) is 0 Å². The van der Waals surface area contributed by atoms with Gasteiger partial charge in [-0.15, -0.1) is 0 Å². The van der Waals surface area contributed by atoms with Crippen LogP contribution < -0.4 is 15.5 Å². The molecule has 5 aromatic rings. The summed E-state index contributed by atoms with van der Waals surface area (Å²) in [5.74, 6) is 3.05. The lowest BCUT2D eigenvalue weighted by atomic mass is 10.0. The number of carbonyl (C=O) groups excluding carboxylic acids is 5. The number of piperidine rings is 1. The maximum absolute atomic E-state index is 14.5. The van der Waals surface area contributed by atoms with Gasteiger partial charge in [-0.1, -0.05) is 12.0 Å². The first-order valence-electron chi connectivity index (χ1n) is 18.2. The first kappa shape index (κ1) is 38.5. The largest absolute Gasteiger partial charge is 0.418 e. The van der Waals surface area contributed by atoms with E-state index >= 15 is 0 Å². The Morgan fingerprint density at radius 1 is 0.983 bits per heavy atom. The Balaban J connectivity index is 0.932. The molecular formula is C41H32BrF3N8O5. The van der Waals surface area contributed by atoms with E-state index in [1.165, 1.54) is 12.1 Å². The maximum Gasteiger partial charge on any atom is 0.418 e. The van der Waals surface area contributed by atoms with Gasteiger partial charge in [0, 0.05) is 72.3 Å². The van der Waals surface area contributed by atoms with E-state index < -0.39 is 47.3 Å². The summed E-state index contributed by atoms with van der Waals surface area (Å²) in [6, 6.07) is 14.4. The van der Waals surface area contributed by atoms with Crippen molar-refractivity contribution in [2.75, 3.05) is 36.4 Å². The summed E-state index contributed by atoms with van der Waals surface area (Å²) in [6.45, 7) is 3.50. The van der Waals surface area contributed by atoms with Gasteiger partial charge in [-0.25, -0.2) is 9.50 Å². The minimum absolute atomic E-state index is 0.00438. The molecule has 1 unspecified atom stereocenters. The molecule has 0 radical (unpaired) electrons. The molecule has 0 saturated carbocycles. The number of imidazole rings is 1. The number of aryl methyl sites for hydroxylation is 1. The van der Waals surface area contributed by atoms with Crippen LogP contribution in [-0.4, -0.2) is 86.2 Å². The van der Waals surface area contributed by atoms with Crippen LogP contribution >= 0.6 is 15.9 Å². The number of piperazine rings is 1. The average molecular weight is 854 g/mol. The highest BCUT2D eigenvalue weighted by atomic mass is 79.9. The van der Waals surface area contributed by atoms with Crippen LogP contribution in [0.3, 0.4) is 0 Å². The van der Waals surface area contributed by atoms with Crippen LogP contribution in [0.2, 0.25) is 0 Å². The van der Waals surface area contributed by atoms with E-state index in [0.29, 0.717) is 46.6 Å². The van der Waals surface area contributed by atoms with Crippen molar-refractivity contribution in [3.63, 3.8) is 0 Å². The molecule has 2 aromatic heterocycles. The van der Waals surface area contributed by atoms with Gasteiger partial charge in [-0.3, -0.25) is 39.1 Å². The molecule has 294 valence electrons. The van der Waals surface area contributed by atoms with Crippen molar-refractivity contribution in [3.05, 3.63) is 122 Å². The third-order valence-corrected chi connectivity index (χ3v) is 11.0. The van der Waals surface area contributed by atoms with Crippen molar-refractivity contribution in [2.45, 2.75) is 38.5 Å². The predicted molar refractivity (Wildman–Crippen MR) is 208 cm³/mol. The van der Waals surface area contributed by atoms with Gasteiger partial charge in [0.1, 0.15) is 11.7 Å². The number of hydrogen-bond acceptors (Lipinski definition) is 9. The highest BCUT2D eigenvalue weighted by molar-refractivity contribution is 9.10. The highest BCUT2D eigenvalue weighted by Gasteiger charge is 2.46. The summed E-state index contributed by atoms with van der Waals surface area (Å²) in [6.07, 6.45) is -1.47. The molecule has 5 heterocycles. The van der Waals surface area contributed by atoms with Gasteiger partial charge in [0.05, 0.1) is 22.9 Å². The van der Waals surface area contributed by atoms with Crippen molar-refractivity contribution in [3.8, 4) is 11.8 Å². The summed E-state index contributed by atoms with van der Waals surface area (Å²) in [7, 11) is 0. The third-order valence-electron chi connectivity index (χ3n) is 10.3. The zero-order valence-corrected chi connectivity index (χ0v) is 32.3. The molecule has 3 aliphatic rings. The number of aromatic nitrogens is 3. The summed E-state index contributed by atoms with van der Waals surface area (Å²) in [4.78, 5) is 72.9. The molecule has 2 N–H and O–H groups in total. The lowest BCUT2D eigenvalue weighted by Crippen LogP contribution is -2.54. The highest BCUT2D eigenvalue weighted by Crippen LogP contribution is 2.39. The van der Waals surface area contributed by atoms with Crippen LogP contribution in [0.5, 0.6) is 0 Å². The minimum atomic E-state index is -4.71. The van der Waals surface area contributed by atoms with Crippen LogP contribution in [0.1, 0.15) is 71.9 Å². The van der Waals surface area contributed by atoms with E-state index in [-0.39, 0.29) is 54.0 Å². The Labute approximate surface area is 337 Å². The van der Waals surface area contributed by atoms with Crippen LogP contribution in [0, 0.1) is 18.8 Å². The second-order valence-electron chi connectivity index (χ2n) is 14.1. The van der Waals surface area contributed by atoms with Crippen LogP contribution in [-0.2, 0) is 22.3 Å².